The first-order valence-electron chi connectivity index (χ1n) is 10.7. The molecule has 3 aromatic rings. The molecule has 2 amide bonds. The standard InChI is InChI=1S/C23H26N6O2S/c1-15(26-16(2)30)17-6-8-18(9-7-17)20-14-32-23(27-20)28-21(31)19-5-3-12-29(13-19)22-24-10-4-11-25-22/h4,6-11,14-15,19H,3,5,12-13H2,1-2H3,(H,26,30)(H,27,28,31). The summed E-state index contributed by atoms with van der Waals surface area (Å²) in [6.07, 6.45) is 5.19. The van der Waals surface area contributed by atoms with Crippen LogP contribution in [0, 0.1) is 5.92 Å². The smallest absolute Gasteiger partial charge is 0.231 e. The van der Waals surface area contributed by atoms with Crippen molar-refractivity contribution in [1.82, 2.24) is 20.3 Å². The average molecular weight is 451 g/mol. The lowest BCUT2D eigenvalue weighted by Gasteiger charge is -2.31. The van der Waals surface area contributed by atoms with Crippen molar-refractivity contribution in [2.75, 3.05) is 23.3 Å². The number of carbonyl (C=O) groups is 2. The lowest BCUT2D eigenvalue weighted by molar-refractivity contribution is -0.120. The van der Waals surface area contributed by atoms with Crippen molar-refractivity contribution in [3.8, 4) is 11.3 Å². The minimum atomic E-state index is -0.130. The molecule has 0 bridgehead atoms. The van der Waals surface area contributed by atoms with E-state index >= 15 is 0 Å². The van der Waals surface area contributed by atoms with Crippen LogP contribution in [0.2, 0.25) is 0 Å². The van der Waals surface area contributed by atoms with Crippen LogP contribution < -0.4 is 15.5 Å². The number of anilines is 2. The van der Waals surface area contributed by atoms with Crippen LogP contribution in [0.4, 0.5) is 11.1 Å². The Morgan fingerprint density at radius 1 is 1.19 bits per heavy atom. The zero-order chi connectivity index (χ0) is 22.5. The molecule has 0 aliphatic carbocycles. The van der Waals surface area contributed by atoms with Crippen molar-refractivity contribution in [3.05, 3.63) is 53.7 Å². The molecule has 1 fully saturated rings. The predicted octanol–water partition coefficient (Wildman–Crippen LogP) is 3.65. The van der Waals surface area contributed by atoms with Crippen molar-refractivity contribution >= 4 is 34.2 Å². The summed E-state index contributed by atoms with van der Waals surface area (Å²) in [6.45, 7) is 4.91. The van der Waals surface area contributed by atoms with Gasteiger partial charge in [0.25, 0.3) is 0 Å². The Labute approximate surface area is 191 Å². The van der Waals surface area contributed by atoms with Gasteiger partial charge in [0.05, 0.1) is 17.7 Å². The van der Waals surface area contributed by atoms with Gasteiger partial charge in [0.1, 0.15) is 0 Å². The first-order valence-corrected chi connectivity index (χ1v) is 11.5. The zero-order valence-electron chi connectivity index (χ0n) is 18.1. The van der Waals surface area contributed by atoms with E-state index < -0.39 is 0 Å². The molecular formula is C23H26N6O2S. The SMILES string of the molecule is CC(=O)NC(C)c1ccc(-c2csc(NC(=O)C3CCCN(c4ncccn4)C3)n2)cc1. The highest BCUT2D eigenvalue weighted by molar-refractivity contribution is 7.14. The average Bonchev–Trinajstić information content (AvgIpc) is 3.28. The molecule has 2 atom stereocenters. The van der Waals surface area contributed by atoms with Crippen LogP contribution in [-0.2, 0) is 9.59 Å². The largest absolute Gasteiger partial charge is 0.350 e. The van der Waals surface area contributed by atoms with E-state index in [-0.39, 0.29) is 23.8 Å². The highest BCUT2D eigenvalue weighted by Gasteiger charge is 2.27. The van der Waals surface area contributed by atoms with E-state index in [9.17, 15) is 9.59 Å². The van der Waals surface area contributed by atoms with E-state index in [1.54, 1.807) is 18.5 Å². The van der Waals surface area contributed by atoms with E-state index in [0.29, 0.717) is 17.6 Å². The van der Waals surface area contributed by atoms with Gasteiger partial charge in [-0.25, -0.2) is 15.0 Å². The van der Waals surface area contributed by atoms with E-state index in [1.807, 2.05) is 36.6 Å². The van der Waals surface area contributed by atoms with Gasteiger partial charge in [-0.15, -0.1) is 11.3 Å². The van der Waals surface area contributed by atoms with Crippen LogP contribution in [0.3, 0.4) is 0 Å². The molecule has 1 aliphatic rings. The Morgan fingerprint density at radius 3 is 2.66 bits per heavy atom. The Kier molecular flexibility index (Phi) is 6.75. The molecule has 1 aromatic carbocycles. The van der Waals surface area contributed by atoms with Gasteiger partial charge < -0.3 is 15.5 Å². The first-order chi connectivity index (χ1) is 15.5. The van der Waals surface area contributed by atoms with Gasteiger partial charge in [0.15, 0.2) is 5.13 Å². The van der Waals surface area contributed by atoms with E-state index in [4.69, 9.17) is 0 Å². The quantitative estimate of drug-likeness (QED) is 0.595. The number of aromatic nitrogens is 3. The number of amides is 2. The molecule has 2 aromatic heterocycles. The van der Waals surface area contributed by atoms with Gasteiger partial charge in [0.2, 0.25) is 17.8 Å². The molecule has 2 unspecified atom stereocenters. The second-order valence-corrected chi connectivity index (χ2v) is 8.76. The summed E-state index contributed by atoms with van der Waals surface area (Å²) in [6, 6.07) is 9.66. The van der Waals surface area contributed by atoms with Crippen LogP contribution >= 0.6 is 11.3 Å². The minimum Gasteiger partial charge on any atom is -0.350 e. The number of hydrogen-bond acceptors (Lipinski definition) is 7. The third-order valence-corrected chi connectivity index (χ3v) is 6.25. The van der Waals surface area contributed by atoms with Crippen molar-refractivity contribution in [3.63, 3.8) is 0 Å². The fourth-order valence-electron chi connectivity index (χ4n) is 3.83. The van der Waals surface area contributed by atoms with Gasteiger partial charge in [-0.2, -0.15) is 0 Å². The lowest BCUT2D eigenvalue weighted by atomic mass is 9.97. The maximum atomic E-state index is 12.9. The predicted molar refractivity (Wildman–Crippen MR) is 125 cm³/mol. The molecule has 166 valence electrons. The van der Waals surface area contributed by atoms with Crippen LogP contribution in [0.15, 0.2) is 48.1 Å². The van der Waals surface area contributed by atoms with E-state index in [1.165, 1.54) is 18.3 Å². The van der Waals surface area contributed by atoms with Crippen LogP contribution in [0.5, 0.6) is 0 Å². The molecule has 2 N–H and O–H groups in total. The summed E-state index contributed by atoms with van der Waals surface area (Å²) in [4.78, 5) is 39.4. The molecule has 1 saturated heterocycles. The normalized spacial score (nSPS) is 16.9. The molecule has 32 heavy (non-hydrogen) atoms. The Hall–Kier alpha value is -3.33. The maximum Gasteiger partial charge on any atom is 0.231 e. The minimum absolute atomic E-state index is 0.0222. The Balaban J connectivity index is 1.37. The maximum absolute atomic E-state index is 12.9. The highest BCUT2D eigenvalue weighted by atomic mass is 32.1. The summed E-state index contributed by atoms with van der Waals surface area (Å²) >= 11 is 1.41. The van der Waals surface area contributed by atoms with Crippen molar-refractivity contribution in [2.45, 2.75) is 32.7 Å². The van der Waals surface area contributed by atoms with Crippen LogP contribution in [0.25, 0.3) is 11.3 Å². The second-order valence-electron chi connectivity index (χ2n) is 7.91. The van der Waals surface area contributed by atoms with Gasteiger partial charge in [-0.3, -0.25) is 9.59 Å². The van der Waals surface area contributed by atoms with Crippen molar-refractivity contribution in [2.24, 2.45) is 5.92 Å². The van der Waals surface area contributed by atoms with Crippen LogP contribution in [0.1, 0.15) is 38.3 Å². The summed E-state index contributed by atoms with van der Waals surface area (Å²) < 4.78 is 0. The fourth-order valence-corrected chi connectivity index (χ4v) is 4.55. The number of nitrogens with one attached hydrogen (secondary N) is 2. The van der Waals surface area contributed by atoms with Gasteiger partial charge in [0, 0.05) is 43.4 Å². The summed E-state index contributed by atoms with van der Waals surface area (Å²) in [5, 5.41) is 8.38. The molecule has 0 spiro atoms. The molecule has 4 rings (SSSR count). The van der Waals surface area contributed by atoms with E-state index in [0.717, 1.165) is 36.2 Å². The lowest BCUT2D eigenvalue weighted by Crippen LogP contribution is -2.41. The molecular weight excluding hydrogens is 424 g/mol. The summed E-state index contributed by atoms with van der Waals surface area (Å²) in [5.74, 6) is 0.456. The fraction of sp³-hybridized carbons (Fsp3) is 0.348. The van der Waals surface area contributed by atoms with E-state index in [2.05, 4.69) is 30.5 Å². The first kappa shape index (κ1) is 21.9. The zero-order valence-corrected chi connectivity index (χ0v) is 18.9. The molecule has 3 heterocycles. The Bertz CT molecular complexity index is 1070. The molecule has 8 nitrogen and oxygen atoms in total. The number of piperidine rings is 1. The second kappa shape index (κ2) is 9.86. The summed E-state index contributed by atoms with van der Waals surface area (Å²) in [5.41, 5.74) is 2.80. The third kappa shape index (κ3) is 5.28. The number of hydrogen-bond donors (Lipinski definition) is 2. The van der Waals surface area contributed by atoms with Crippen molar-refractivity contribution < 1.29 is 9.59 Å². The number of rotatable bonds is 6. The summed E-state index contributed by atoms with van der Waals surface area (Å²) in [7, 11) is 0. The number of benzene rings is 1. The number of thiazole rings is 1. The molecule has 1 aliphatic heterocycles. The topological polar surface area (TPSA) is 100 Å². The number of nitrogens with zero attached hydrogens (tertiary/aromatic N) is 4. The third-order valence-electron chi connectivity index (χ3n) is 5.49. The van der Waals surface area contributed by atoms with Gasteiger partial charge in [-0.05, 0) is 31.4 Å². The van der Waals surface area contributed by atoms with Gasteiger partial charge >= 0.3 is 0 Å². The number of carbonyl (C=O) groups excluding carboxylic acids is 2. The molecule has 0 radical (unpaired) electrons. The Morgan fingerprint density at radius 2 is 1.94 bits per heavy atom. The van der Waals surface area contributed by atoms with Gasteiger partial charge in [-0.1, -0.05) is 24.3 Å². The highest BCUT2D eigenvalue weighted by Crippen LogP contribution is 2.27. The monoisotopic (exact) mass is 450 g/mol. The van der Waals surface area contributed by atoms with Crippen LogP contribution in [-0.4, -0.2) is 39.9 Å². The van der Waals surface area contributed by atoms with Crippen molar-refractivity contribution in [1.29, 1.82) is 0 Å². The molecule has 0 saturated carbocycles. The molecule has 9 heteroatoms.